The Morgan fingerprint density at radius 3 is 2.50 bits per heavy atom. The van der Waals surface area contributed by atoms with E-state index in [-0.39, 0.29) is 12.2 Å². The van der Waals surface area contributed by atoms with Gasteiger partial charge in [0.2, 0.25) is 0 Å². The van der Waals surface area contributed by atoms with E-state index in [0.717, 1.165) is 31.9 Å². The Kier molecular flexibility index (Phi) is 3.78. The SMILES string of the molecule is N#CCC(N)=[N+]1CCN(c2ccc(F)cc2)CC1. The number of halogens is 1. The number of anilines is 1. The van der Waals surface area contributed by atoms with Gasteiger partial charge < -0.3 is 4.90 Å². The molecule has 0 unspecified atom stereocenters. The molecule has 2 N–H and O–H groups in total. The first-order valence-electron chi connectivity index (χ1n) is 5.94. The van der Waals surface area contributed by atoms with E-state index in [1.54, 1.807) is 12.1 Å². The Morgan fingerprint density at radius 2 is 1.94 bits per heavy atom. The minimum Gasteiger partial charge on any atom is -0.364 e. The van der Waals surface area contributed by atoms with Crippen LogP contribution in [0, 0.1) is 17.1 Å². The van der Waals surface area contributed by atoms with Crippen molar-refractivity contribution in [3.8, 4) is 6.07 Å². The van der Waals surface area contributed by atoms with Crippen LogP contribution in [-0.2, 0) is 0 Å². The normalized spacial score (nSPS) is 15.3. The fourth-order valence-electron chi connectivity index (χ4n) is 2.10. The molecule has 18 heavy (non-hydrogen) atoms. The lowest BCUT2D eigenvalue weighted by atomic mass is 10.2. The Balaban J connectivity index is 2.01. The molecule has 1 aromatic rings. The molecule has 1 aliphatic heterocycles. The smallest absolute Gasteiger partial charge is 0.257 e. The summed E-state index contributed by atoms with van der Waals surface area (Å²) in [4.78, 5) is 2.19. The van der Waals surface area contributed by atoms with Crippen LogP contribution in [0.25, 0.3) is 0 Å². The standard InChI is InChI=1S/C13H15FN4/c14-11-1-3-12(4-2-11)17-7-9-18(10-8-17)13(16)5-6-15/h1-4,16H,5,7-10H2/p+1. The first-order chi connectivity index (χ1) is 8.70. The van der Waals surface area contributed by atoms with Crippen molar-refractivity contribution in [1.82, 2.24) is 0 Å². The number of nitrogens with two attached hydrogens (primary N) is 1. The van der Waals surface area contributed by atoms with E-state index in [2.05, 4.69) is 11.0 Å². The van der Waals surface area contributed by atoms with Crippen LogP contribution in [0.4, 0.5) is 10.1 Å². The summed E-state index contributed by atoms with van der Waals surface area (Å²) < 4.78 is 14.9. The molecule has 94 valence electrons. The van der Waals surface area contributed by atoms with Crippen LogP contribution < -0.4 is 10.6 Å². The maximum absolute atomic E-state index is 12.8. The Bertz CT molecular complexity index is 477. The lowest BCUT2D eigenvalue weighted by molar-refractivity contribution is -0.531. The molecule has 1 fully saturated rings. The first kappa shape index (κ1) is 12.4. The summed E-state index contributed by atoms with van der Waals surface area (Å²) >= 11 is 0. The fourth-order valence-corrected chi connectivity index (χ4v) is 2.10. The van der Waals surface area contributed by atoms with Crippen molar-refractivity contribution in [1.29, 1.82) is 5.26 Å². The van der Waals surface area contributed by atoms with Crippen LogP contribution in [-0.4, -0.2) is 36.6 Å². The summed E-state index contributed by atoms with van der Waals surface area (Å²) in [7, 11) is 0. The zero-order valence-electron chi connectivity index (χ0n) is 10.1. The number of benzene rings is 1. The highest BCUT2D eigenvalue weighted by Gasteiger charge is 2.18. The molecule has 1 heterocycles. The van der Waals surface area contributed by atoms with Gasteiger partial charge in [-0.2, -0.15) is 5.26 Å². The van der Waals surface area contributed by atoms with Gasteiger partial charge in [-0.05, 0) is 24.3 Å². The van der Waals surface area contributed by atoms with Crippen LogP contribution in [0.15, 0.2) is 24.3 Å². The van der Waals surface area contributed by atoms with Gasteiger partial charge in [0.15, 0.2) is 0 Å². The van der Waals surface area contributed by atoms with Gasteiger partial charge in [-0.15, -0.1) is 0 Å². The molecule has 0 atom stereocenters. The third-order valence-electron chi connectivity index (χ3n) is 3.14. The van der Waals surface area contributed by atoms with Crippen molar-refractivity contribution in [2.75, 3.05) is 31.1 Å². The van der Waals surface area contributed by atoms with Crippen molar-refractivity contribution in [3.63, 3.8) is 0 Å². The molecule has 1 aliphatic rings. The number of nitrogens with zero attached hydrogens (tertiary/aromatic N) is 3. The number of amidine groups is 1. The van der Waals surface area contributed by atoms with Gasteiger partial charge >= 0.3 is 0 Å². The van der Waals surface area contributed by atoms with E-state index in [4.69, 9.17) is 11.0 Å². The Hall–Kier alpha value is -2.09. The number of hydrogen-bond donors (Lipinski definition) is 1. The van der Waals surface area contributed by atoms with Crippen molar-refractivity contribution < 1.29 is 8.97 Å². The quantitative estimate of drug-likeness (QED) is 0.625. The maximum atomic E-state index is 12.8. The molecule has 0 aromatic heterocycles. The number of hydrogen-bond acceptors (Lipinski definition) is 2. The second-order valence-corrected chi connectivity index (χ2v) is 4.28. The largest absolute Gasteiger partial charge is 0.364 e. The zero-order valence-corrected chi connectivity index (χ0v) is 10.1. The summed E-state index contributed by atoms with van der Waals surface area (Å²) in [5.41, 5.74) is 6.84. The molecule has 4 nitrogen and oxygen atoms in total. The topological polar surface area (TPSA) is 56.1 Å². The molecule has 0 spiro atoms. The van der Waals surface area contributed by atoms with E-state index in [0.29, 0.717) is 5.84 Å². The van der Waals surface area contributed by atoms with Gasteiger partial charge in [-0.3, -0.25) is 10.3 Å². The van der Waals surface area contributed by atoms with Gasteiger partial charge in [0.05, 0.1) is 19.2 Å². The van der Waals surface area contributed by atoms with Crippen molar-refractivity contribution in [2.45, 2.75) is 6.42 Å². The molecule has 0 aliphatic carbocycles. The maximum Gasteiger partial charge on any atom is 0.257 e. The first-order valence-corrected chi connectivity index (χ1v) is 5.94. The molecule has 0 radical (unpaired) electrons. The van der Waals surface area contributed by atoms with E-state index in [1.807, 2.05) is 4.58 Å². The van der Waals surface area contributed by atoms with Gasteiger partial charge in [-0.25, -0.2) is 4.39 Å². The third kappa shape index (κ3) is 2.77. The van der Waals surface area contributed by atoms with Gasteiger partial charge in [0, 0.05) is 5.69 Å². The van der Waals surface area contributed by atoms with Gasteiger partial charge in [0.1, 0.15) is 25.3 Å². The summed E-state index contributed by atoms with van der Waals surface area (Å²) in [6.07, 6.45) is 0.274. The average Bonchev–Trinajstić information content (AvgIpc) is 2.40. The Labute approximate surface area is 106 Å². The summed E-state index contributed by atoms with van der Waals surface area (Å²) in [5, 5.41) is 8.60. The lowest BCUT2D eigenvalue weighted by Crippen LogP contribution is -2.45. The molecule has 1 aromatic carbocycles. The second kappa shape index (κ2) is 5.50. The van der Waals surface area contributed by atoms with E-state index < -0.39 is 0 Å². The van der Waals surface area contributed by atoms with Crippen LogP contribution in [0.2, 0.25) is 0 Å². The highest BCUT2D eigenvalue weighted by molar-refractivity contribution is 5.77. The minimum atomic E-state index is -0.219. The summed E-state index contributed by atoms with van der Waals surface area (Å²) in [5.74, 6) is 0.417. The highest BCUT2D eigenvalue weighted by Crippen LogP contribution is 2.15. The third-order valence-corrected chi connectivity index (χ3v) is 3.14. The minimum absolute atomic E-state index is 0.219. The van der Waals surface area contributed by atoms with Crippen LogP contribution in [0.3, 0.4) is 0 Å². The van der Waals surface area contributed by atoms with Crippen LogP contribution >= 0.6 is 0 Å². The van der Waals surface area contributed by atoms with E-state index >= 15 is 0 Å². The summed E-state index contributed by atoms with van der Waals surface area (Å²) in [6.45, 7) is 3.26. The average molecular weight is 247 g/mol. The second-order valence-electron chi connectivity index (χ2n) is 4.28. The molecule has 0 amide bonds. The van der Waals surface area contributed by atoms with E-state index in [1.165, 1.54) is 12.1 Å². The molecular weight excluding hydrogens is 231 g/mol. The number of nitriles is 1. The highest BCUT2D eigenvalue weighted by atomic mass is 19.1. The predicted molar refractivity (Wildman–Crippen MR) is 68.0 cm³/mol. The molecular formula is C13H16FN4+. The molecule has 2 rings (SSSR count). The van der Waals surface area contributed by atoms with Crippen molar-refractivity contribution in [2.24, 2.45) is 5.73 Å². The lowest BCUT2D eigenvalue weighted by Gasteiger charge is -2.29. The van der Waals surface area contributed by atoms with Gasteiger partial charge in [0.25, 0.3) is 5.84 Å². The summed E-state index contributed by atoms with van der Waals surface area (Å²) in [6, 6.07) is 8.57. The van der Waals surface area contributed by atoms with E-state index in [9.17, 15) is 4.39 Å². The number of rotatable bonds is 2. The monoisotopic (exact) mass is 247 g/mol. The predicted octanol–water partition coefficient (Wildman–Crippen LogP) is 0.929. The molecule has 0 saturated carbocycles. The Morgan fingerprint density at radius 1 is 1.33 bits per heavy atom. The van der Waals surface area contributed by atoms with Crippen LogP contribution in [0.5, 0.6) is 0 Å². The molecule has 5 heteroatoms. The van der Waals surface area contributed by atoms with Gasteiger partial charge in [-0.1, -0.05) is 0 Å². The van der Waals surface area contributed by atoms with Crippen molar-refractivity contribution >= 4 is 11.5 Å². The molecule has 0 bridgehead atoms. The number of piperazine rings is 1. The van der Waals surface area contributed by atoms with Crippen LogP contribution in [0.1, 0.15) is 6.42 Å². The molecule has 1 saturated heterocycles. The zero-order chi connectivity index (χ0) is 13.0. The fraction of sp³-hybridized carbons (Fsp3) is 0.385. The van der Waals surface area contributed by atoms with Crippen molar-refractivity contribution in [3.05, 3.63) is 30.1 Å².